The van der Waals surface area contributed by atoms with Crippen molar-refractivity contribution in [3.05, 3.63) is 29.6 Å². The minimum Gasteiger partial charge on any atom is -0.337 e. The molecule has 1 saturated heterocycles. The Morgan fingerprint density at radius 1 is 1.28 bits per heavy atom. The van der Waals surface area contributed by atoms with Crippen LogP contribution < -0.4 is 0 Å². The maximum atomic E-state index is 12.7. The zero-order valence-electron chi connectivity index (χ0n) is 14.7. The van der Waals surface area contributed by atoms with E-state index in [1.165, 1.54) is 6.20 Å². The van der Waals surface area contributed by atoms with E-state index in [1.54, 1.807) is 16.0 Å². The number of aromatic amines is 2. The van der Waals surface area contributed by atoms with Crippen LogP contribution in [0.5, 0.6) is 0 Å². The number of nitrogens with zero attached hydrogens (tertiary/aromatic N) is 5. The van der Waals surface area contributed by atoms with Crippen LogP contribution in [0.2, 0.25) is 0 Å². The van der Waals surface area contributed by atoms with E-state index in [9.17, 15) is 9.59 Å². The molecule has 1 unspecified atom stereocenters. The minimum absolute atomic E-state index is 0.0464. The summed E-state index contributed by atoms with van der Waals surface area (Å²) >= 11 is 0. The number of hydrogen-bond donors (Lipinski definition) is 2. The fourth-order valence-corrected chi connectivity index (χ4v) is 3.06. The first-order chi connectivity index (χ1) is 12.0. The molecule has 134 valence electrons. The molecule has 1 atom stereocenters. The van der Waals surface area contributed by atoms with Crippen molar-refractivity contribution >= 4 is 11.8 Å². The SMILES string of the molecule is Cc1nc(C2CCN(C(=O)c3cn[nH]c3)CCN2C(=O)C(C)C)n[nH]1. The van der Waals surface area contributed by atoms with E-state index in [0.717, 1.165) is 0 Å². The van der Waals surface area contributed by atoms with Gasteiger partial charge in [0.05, 0.1) is 17.8 Å². The lowest BCUT2D eigenvalue weighted by Crippen LogP contribution is -2.40. The van der Waals surface area contributed by atoms with Crippen LogP contribution in [0.3, 0.4) is 0 Å². The molecule has 9 nitrogen and oxygen atoms in total. The molecule has 2 aromatic heterocycles. The standard InChI is InChI=1S/C16H23N7O2/c1-10(2)15(24)23-7-6-22(16(25)12-8-17-18-9-12)5-4-13(23)14-19-11(3)20-21-14/h8-10,13H,4-7H2,1-3H3,(H,17,18)(H,19,20,21). The van der Waals surface area contributed by atoms with E-state index in [1.807, 2.05) is 20.8 Å². The number of hydrogen-bond acceptors (Lipinski definition) is 5. The Balaban J connectivity index is 1.83. The summed E-state index contributed by atoms with van der Waals surface area (Å²) in [6.07, 6.45) is 3.69. The summed E-state index contributed by atoms with van der Waals surface area (Å²) in [6, 6.07) is -0.234. The van der Waals surface area contributed by atoms with Crippen molar-refractivity contribution in [1.29, 1.82) is 0 Å². The maximum Gasteiger partial charge on any atom is 0.257 e. The molecule has 0 bridgehead atoms. The van der Waals surface area contributed by atoms with Crippen molar-refractivity contribution in [3.63, 3.8) is 0 Å². The highest BCUT2D eigenvalue weighted by atomic mass is 16.2. The number of aryl methyl sites for hydroxylation is 1. The summed E-state index contributed by atoms with van der Waals surface area (Å²) < 4.78 is 0. The molecule has 2 aromatic rings. The monoisotopic (exact) mass is 345 g/mol. The molecular formula is C16H23N7O2. The van der Waals surface area contributed by atoms with Gasteiger partial charge in [-0.1, -0.05) is 13.8 Å². The number of amides is 2. The first-order valence-corrected chi connectivity index (χ1v) is 8.44. The van der Waals surface area contributed by atoms with Gasteiger partial charge in [0.1, 0.15) is 5.82 Å². The average molecular weight is 345 g/mol. The lowest BCUT2D eigenvalue weighted by atomic mass is 10.1. The Labute approximate surface area is 145 Å². The first kappa shape index (κ1) is 17.1. The van der Waals surface area contributed by atoms with Crippen LogP contribution in [0.25, 0.3) is 0 Å². The molecule has 0 aliphatic carbocycles. The van der Waals surface area contributed by atoms with Crippen molar-refractivity contribution in [1.82, 2.24) is 35.2 Å². The molecule has 0 spiro atoms. The molecule has 2 amide bonds. The second-order valence-electron chi connectivity index (χ2n) is 6.55. The predicted molar refractivity (Wildman–Crippen MR) is 89.5 cm³/mol. The molecule has 0 radical (unpaired) electrons. The summed E-state index contributed by atoms with van der Waals surface area (Å²) in [5.74, 6) is 1.15. The Hall–Kier alpha value is -2.71. The lowest BCUT2D eigenvalue weighted by Gasteiger charge is -2.29. The van der Waals surface area contributed by atoms with Gasteiger partial charge >= 0.3 is 0 Å². The Morgan fingerprint density at radius 2 is 2.08 bits per heavy atom. The Kier molecular flexibility index (Phi) is 4.82. The van der Waals surface area contributed by atoms with E-state index >= 15 is 0 Å². The number of carbonyl (C=O) groups is 2. The number of rotatable bonds is 3. The van der Waals surface area contributed by atoms with Crippen LogP contribution in [0.4, 0.5) is 0 Å². The van der Waals surface area contributed by atoms with Crippen LogP contribution in [0.15, 0.2) is 12.4 Å². The molecule has 0 saturated carbocycles. The molecule has 3 rings (SSSR count). The average Bonchev–Trinajstić information content (AvgIpc) is 3.21. The predicted octanol–water partition coefficient (Wildman–Crippen LogP) is 0.908. The van der Waals surface area contributed by atoms with Gasteiger partial charge < -0.3 is 9.80 Å². The van der Waals surface area contributed by atoms with Gasteiger partial charge in [-0.2, -0.15) is 10.2 Å². The number of H-pyrrole nitrogens is 2. The molecule has 1 aliphatic heterocycles. The fraction of sp³-hybridized carbons (Fsp3) is 0.562. The van der Waals surface area contributed by atoms with Gasteiger partial charge in [0.15, 0.2) is 5.82 Å². The van der Waals surface area contributed by atoms with Gasteiger partial charge in [-0.3, -0.25) is 19.8 Å². The number of aromatic nitrogens is 5. The van der Waals surface area contributed by atoms with Gasteiger partial charge in [0, 0.05) is 31.7 Å². The first-order valence-electron chi connectivity index (χ1n) is 8.44. The Bertz CT molecular complexity index is 738. The quantitative estimate of drug-likeness (QED) is 0.859. The van der Waals surface area contributed by atoms with Crippen LogP contribution in [0.1, 0.15) is 48.3 Å². The highest BCUT2D eigenvalue weighted by Crippen LogP contribution is 2.26. The summed E-state index contributed by atoms with van der Waals surface area (Å²) in [5, 5.41) is 13.6. The van der Waals surface area contributed by atoms with Crippen molar-refractivity contribution in [2.24, 2.45) is 5.92 Å². The molecule has 9 heteroatoms. The third-order valence-electron chi connectivity index (χ3n) is 4.38. The highest BCUT2D eigenvalue weighted by molar-refractivity contribution is 5.93. The number of carbonyl (C=O) groups excluding carboxylic acids is 2. The number of nitrogens with one attached hydrogen (secondary N) is 2. The van der Waals surface area contributed by atoms with E-state index in [0.29, 0.717) is 43.3 Å². The summed E-state index contributed by atoms with van der Waals surface area (Å²) in [6.45, 7) is 7.05. The molecular weight excluding hydrogens is 322 g/mol. The van der Waals surface area contributed by atoms with Crippen LogP contribution >= 0.6 is 0 Å². The van der Waals surface area contributed by atoms with Crippen molar-refractivity contribution < 1.29 is 9.59 Å². The van der Waals surface area contributed by atoms with E-state index in [-0.39, 0.29) is 23.8 Å². The second-order valence-corrected chi connectivity index (χ2v) is 6.55. The van der Waals surface area contributed by atoms with Crippen molar-refractivity contribution in [2.75, 3.05) is 19.6 Å². The highest BCUT2D eigenvalue weighted by Gasteiger charge is 2.33. The largest absolute Gasteiger partial charge is 0.337 e. The fourth-order valence-electron chi connectivity index (χ4n) is 3.06. The summed E-state index contributed by atoms with van der Waals surface area (Å²) in [7, 11) is 0. The van der Waals surface area contributed by atoms with E-state index < -0.39 is 0 Å². The zero-order chi connectivity index (χ0) is 18.0. The smallest absolute Gasteiger partial charge is 0.257 e. The normalized spacial score (nSPS) is 18.5. The van der Waals surface area contributed by atoms with Gasteiger partial charge in [-0.15, -0.1) is 0 Å². The van der Waals surface area contributed by atoms with Crippen LogP contribution in [0, 0.1) is 12.8 Å². The molecule has 25 heavy (non-hydrogen) atoms. The van der Waals surface area contributed by atoms with E-state index in [2.05, 4.69) is 25.4 Å². The minimum atomic E-state index is -0.234. The third kappa shape index (κ3) is 3.54. The van der Waals surface area contributed by atoms with Crippen LogP contribution in [-0.4, -0.2) is 66.6 Å². The van der Waals surface area contributed by atoms with Crippen molar-refractivity contribution in [3.8, 4) is 0 Å². The molecule has 0 aromatic carbocycles. The lowest BCUT2D eigenvalue weighted by molar-refractivity contribution is -0.137. The molecule has 2 N–H and O–H groups in total. The summed E-state index contributed by atoms with van der Waals surface area (Å²) in [4.78, 5) is 33.2. The topological polar surface area (TPSA) is 111 Å². The summed E-state index contributed by atoms with van der Waals surface area (Å²) in [5.41, 5.74) is 0.522. The van der Waals surface area contributed by atoms with Gasteiger partial charge in [-0.05, 0) is 13.3 Å². The van der Waals surface area contributed by atoms with Gasteiger partial charge in [-0.25, -0.2) is 4.98 Å². The third-order valence-corrected chi connectivity index (χ3v) is 4.38. The maximum absolute atomic E-state index is 12.7. The molecule has 1 aliphatic rings. The van der Waals surface area contributed by atoms with E-state index in [4.69, 9.17) is 0 Å². The van der Waals surface area contributed by atoms with Gasteiger partial charge in [0.25, 0.3) is 5.91 Å². The Morgan fingerprint density at radius 3 is 2.68 bits per heavy atom. The van der Waals surface area contributed by atoms with Gasteiger partial charge in [0.2, 0.25) is 5.91 Å². The van der Waals surface area contributed by atoms with Crippen molar-refractivity contribution in [2.45, 2.75) is 33.2 Å². The molecule has 1 fully saturated rings. The zero-order valence-corrected chi connectivity index (χ0v) is 14.7. The molecule has 3 heterocycles. The second kappa shape index (κ2) is 7.04. The van der Waals surface area contributed by atoms with Crippen LogP contribution in [-0.2, 0) is 4.79 Å².